The van der Waals surface area contributed by atoms with E-state index in [1.54, 1.807) is 7.11 Å². The van der Waals surface area contributed by atoms with Gasteiger partial charge in [-0.3, -0.25) is 14.2 Å². The third kappa shape index (κ3) is 4.81. The van der Waals surface area contributed by atoms with Crippen LogP contribution in [0.1, 0.15) is 18.4 Å². The number of carbonyl (C=O) groups excluding carboxylic acids is 2. The summed E-state index contributed by atoms with van der Waals surface area (Å²) in [5.74, 6) is -1.94. The van der Waals surface area contributed by atoms with Gasteiger partial charge in [0.15, 0.2) is 12.2 Å². The summed E-state index contributed by atoms with van der Waals surface area (Å²) in [6.45, 7) is 1.06. The molecule has 0 radical (unpaired) electrons. The summed E-state index contributed by atoms with van der Waals surface area (Å²) >= 11 is 10.9. The van der Waals surface area contributed by atoms with Crippen molar-refractivity contribution < 1.29 is 37.1 Å². The molecule has 1 aromatic rings. The molecule has 2 fully saturated rings. The minimum atomic E-state index is -5.19. The Hall–Kier alpha value is -0.850. The molecule has 3 atom stereocenters. The van der Waals surface area contributed by atoms with E-state index in [9.17, 15) is 18.0 Å². The van der Waals surface area contributed by atoms with Crippen LogP contribution in [0.2, 0.25) is 0 Å². The van der Waals surface area contributed by atoms with Crippen LogP contribution in [-0.2, 0) is 16.0 Å². The lowest BCUT2D eigenvalue weighted by Gasteiger charge is -2.36. The lowest BCUT2D eigenvalue weighted by atomic mass is 10.1. The first-order chi connectivity index (χ1) is 13.8. The molecule has 0 N–H and O–H groups in total. The minimum absolute atomic E-state index is 0.125. The molecule has 168 valence electrons. The minimum Gasteiger partial charge on any atom is -0.542 e. The summed E-state index contributed by atoms with van der Waals surface area (Å²) in [6, 6.07) is 2.14. The summed E-state index contributed by atoms with van der Waals surface area (Å²) in [5.41, 5.74) is 1.14. The standard InChI is InChI=1S/C16H20Br3N2O2.C2HF3O2/c1-20-13(21(2)6-4-5-12(21)16(20)22)7-9-10(17)8-11(18)15(23-3)14(9)19;3-2(4,5)1(6)7/h8,12-13H,4-7H2,1-3H3;(H,6,7)/q+1;/p-1/t12-,13-,21-;/m0./s1. The van der Waals surface area contributed by atoms with Crippen molar-refractivity contribution in [2.75, 3.05) is 27.7 Å². The fourth-order valence-corrected chi connectivity index (χ4v) is 6.87. The van der Waals surface area contributed by atoms with Crippen molar-refractivity contribution >= 4 is 59.7 Å². The van der Waals surface area contributed by atoms with E-state index in [1.165, 1.54) is 0 Å². The number of alkyl halides is 3. The second-order valence-corrected chi connectivity index (χ2v) is 9.82. The quantitative estimate of drug-likeness (QED) is 0.485. The maximum Gasteiger partial charge on any atom is 0.430 e. The monoisotopic (exact) mass is 622 g/mol. The smallest absolute Gasteiger partial charge is 0.430 e. The number of rotatable bonds is 3. The number of halogens is 6. The van der Waals surface area contributed by atoms with Crippen molar-refractivity contribution in [3.8, 4) is 5.75 Å². The second-order valence-electron chi connectivity index (χ2n) is 7.31. The highest BCUT2D eigenvalue weighted by Crippen LogP contribution is 2.44. The highest BCUT2D eigenvalue weighted by molar-refractivity contribution is 9.11. The van der Waals surface area contributed by atoms with Gasteiger partial charge < -0.3 is 14.6 Å². The van der Waals surface area contributed by atoms with Gasteiger partial charge in [-0.15, -0.1) is 0 Å². The zero-order valence-electron chi connectivity index (χ0n) is 16.4. The Morgan fingerprint density at radius 1 is 1.33 bits per heavy atom. The molecule has 1 amide bonds. The van der Waals surface area contributed by atoms with Gasteiger partial charge in [0, 0.05) is 30.8 Å². The van der Waals surface area contributed by atoms with Gasteiger partial charge in [-0.2, -0.15) is 13.2 Å². The Balaban J connectivity index is 0.000000396. The van der Waals surface area contributed by atoms with Gasteiger partial charge in [0.05, 0.1) is 29.6 Å². The summed E-state index contributed by atoms with van der Waals surface area (Å²) in [7, 11) is 5.83. The molecule has 12 heteroatoms. The van der Waals surface area contributed by atoms with Crippen LogP contribution in [0.25, 0.3) is 0 Å². The fraction of sp³-hybridized carbons (Fsp3) is 0.556. The second kappa shape index (κ2) is 9.33. The lowest BCUT2D eigenvalue weighted by Crippen LogP contribution is -2.53. The van der Waals surface area contributed by atoms with Gasteiger partial charge in [-0.05, 0) is 43.5 Å². The predicted molar refractivity (Wildman–Crippen MR) is 111 cm³/mol. The third-order valence-electron chi connectivity index (χ3n) is 5.64. The topological polar surface area (TPSA) is 69.7 Å². The Morgan fingerprint density at radius 2 is 1.90 bits per heavy atom. The van der Waals surface area contributed by atoms with Gasteiger partial charge >= 0.3 is 6.18 Å². The number of ether oxygens (including phenoxy) is 1. The predicted octanol–water partition coefficient (Wildman–Crippen LogP) is 3.23. The van der Waals surface area contributed by atoms with Crippen molar-refractivity contribution in [3.63, 3.8) is 0 Å². The van der Waals surface area contributed by atoms with Gasteiger partial charge in [-0.25, -0.2) is 0 Å². The summed E-state index contributed by atoms with van der Waals surface area (Å²) in [4.78, 5) is 23.3. The Bertz CT molecular complexity index is 853. The van der Waals surface area contributed by atoms with E-state index in [1.807, 2.05) is 18.0 Å². The molecule has 2 aliphatic rings. The van der Waals surface area contributed by atoms with Crippen molar-refractivity contribution in [2.45, 2.75) is 37.6 Å². The van der Waals surface area contributed by atoms with Crippen LogP contribution in [0.3, 0.4) is 0 Å². The van der Waals surface area contributed by atoms with Gasteiger partial charge in [-0.1, -0.05) is 15.9 Å². The zero-order valence-corrected chi connectivity index (χ0v) is 21.1. The van der Waals surface area contributed by atoms with E-state index in [0.29, 0.717) is 0 Å². The van der Waals surface area contributed by atoms with E-state index in [2.05, 4.69) is 54.8 Å². The van der Waals surface area contributed by atoms with Crippen LogP contribution in [0.4, 0.5) is 13.2 Å². The molecule has 1 aromatic carbocycles. The van der Waals surface area contributed by atoms with Crippen LogP contribution in [0.5, 0.6) is 5.75 Å². The number of likely N-dealkylation sites (N-methyl/N-ethyl adjacent to an activating group) is 2. The summed E-state index contributed by atoms with van der Waals surface area (Å²) in [6.07, 6.45) is -2.11. The van der Waals surface area contributed by atoms with Gasteiger partial charge in [0.1, 0.15) is 11.7 Å². The molecule has 0 unspecified atom stereocenters. The van der Waals surface area contributed by atoms with Crippen molar-refractivity contribution in [1.82, 2.24) is 4.90 Å². The molecule has 2 saturated heterocycles. The third-order valence-corrected chi connectivity index (χ3v) is 7.77. The number of amides is 1. The normalized spacial score (nSPS) is 25.6. The number of carboxylic acid groups (broad SMARTS) is 1. The van der Waals surface area contributed by atoms with Crippen molar-refractivity contribution in [2.24, 2.45) is 0 Å². The number of hydrogen-bond acceptors (Lipinski definition) is 4. The molecule has 0 saturated carbocycles. The summed E-state index contributed by atoms with van der Waals surface area (Å²) < 4.78 is 40.7. The maximum atomic E-state index is 12.6. The Labute approximate surface area is 197 Å². The molecule has 0 bridgehead atoms. The molecule has 3 rings (SSSR count). The molecule has 0 spiro atoms. The van der Waals surface area contributed by atoms with E-state index < -0.39 is 12.1 Å². The lowest BCUT2D eigenvalue weighted by molar-refractivity contribution is -0.933. The van der Waals surface area contributed by atoms with E-state index >= 15 is 0 Å². The number of benzene rings is 1. The first kappa shape index (κ1) is 25.4. The fourth-order valence-electron chi connectivity index (χ4n) is 4.10. The zero-order chi connectivity index (χ0) is 23.0. The van der Waals surface area contributed by atoms with Gasteiger partial charge in [0.2, 0.25) is 0 Å². The number of carbonyl (C=O) groups is 2. The number of methoxy groups -OCH3 is 1. The molecular formula is C18H20Br3F3N2O4. The van der Waals surface area contributed by atoms with Crippen molar-refractivity contribution in [1.29, 1.82) is 0 Å². The largest absolute Gasteiger partial charge is 0.542 e. The molecule has 30 heavy (non-hydrogen) atoms. The number of nitrogens with zero attached hydrogens (tertiary/aromatic N) is 2. The molecule has 0 aromatic heterocycles. The number of quaternary nitrogens is 1. The number of fused-ring (bicyclic) bond motifs is 1. The van der Waals surface area contributed by atoms with E-state index in [4.69, 9.17) is 14.6 Å². The number of aliphatic carboxylic acids is 1. The van der Waals surface area contributed by atoms with Gasteiger partial charge in [0.25, 0.3) is 5.91 Å². The molecule has 2 heterocycles. The highest BCUT2D eigenvalue weighted by Gasteiger charge is 2.57. The van der Waals surface area contributed by atoms with Crippen molar-refractivity contribution in [3.05, 3.63) is 25.0 Å². The molecule has 2 aliphatic heterocycles. The number of hydrogen-bond donors (Lipinski definition) is 0. The van der Waals surface area contributed by atoms with Crippen LogP contribution >= 0.6 is 47.8 Å². The van der Waals surface area contributed by atoms with E-state index in [0.717, 1.165) is 55.0 Å². The first-order valence-electron chi connectivity index (χ1n) is 8.85. The van der Waals surface area contributed by atoms with Crippen LogP contribution < -0.4 is 9.84 Å². The molecule has 0 aliphatic carbocycles. The highest BCUT2D eigenvalue weighted by atomic mass is 79.9. The molecule has 6 nitrogen and oxygen atoms in total. The van der Waals surface area contributed by atoms with E-state index in [-0.39, 0.29) is 18.1 Å². The Kier molecular flexibility index (Phi) is 7.91. The summed E-state index contributed by atoms with van der Waals surface area (Å²) in [5, 5.41) is 8.78. The maximum absolute atomic E-state index is 12.6. The first-order valence-corrected chi connectivity index (χ1v) is 11.2. The SMILES string of the molecule is COc1c(Br)cc(Br)c(C[C@H]2N(C)C(=O)[C@@H]3CCC[N@@+]32C)c1Br.O=C([O-])C(F)(F)F. The van der Waals surface area contributed by atoms with Crippen LogP contribution in [0, 0.1) is 0 Å². The average molecular weight is 625 g/mol. The van der Waals surface area contributed by atoms with Crippen LogP contribution in [0.15, 0.2) is 19.5 Å². The molecular weight excluding hydrogens is 605 g/mol. The number of carboxylic acids is 1. The Morgan fingerprint density at radius 3 is 2.40 bits per heavy atom. The average Bonchev–Trinajstić information content (AvgIpc) is 3.09. The van der Waals surface area contributed by atoms with Crippen LogP contribution in [-0.4, -0.2) is 67.4 Å².